The number of nitrogens with zero attached hydrogens (tertiary/aromatic N) is 4. The Hall–Kier alpha value is -4.25. The second-order valence-electron chi connectivity index (χ2n) is 10.2. The second kappa shape index (κ2) is 9.00. The number of nitrogens with one attached hydrogen (secondary N) is 3. The highest BCUT2D eigenvalue weighted by Crippen LogP contribution is 2.35. The van der Waals surface area contributed by atoms with Gasteiger partial charge in [0.15, 0.2) is 12.3 Å². The number of piperidine rings is 1. The lowest BCUT2D eigenvalue weighted by atomic mass is 9.81. The molecule has 1 aromatic carbocycles. The van der Waals surface area contributed by atoms with Crippen LogP contribution in [0.3, 0.4) is 0 Å². The van der Waals surface area contributed by atoms with Crippen molar-refractivity contribution in [3.05, 3.63) is 65.1 Å². The van der Waals surface area contributed by atoms with E-state index < -0.39 is 5.91 Å². The molecule has 2 unspecified atom stereocenters. The molecule has 5 heterocycles. The zero-order valence-electron chi connectivity index (χ0n) is 20.4. The van der Waals surface area contributed by atoms with Crippen LogP contribution in [0, 0.1) is 5.41 Å². The third-order valence-electron chi connectivity index (χ3n) is 6.95. The minimum Gasteiger partial charge on any atom is -0.482 e. The first-order valence-corrected chi connectivity index (χ1v) is 12.2. The maximum Gasteiger partial charge on any atom is 0.270 e. The van der Waals surface area contributed by atoms with Gasteiger partial charge in [-0.2, -0.15) is 5.10 Å². The highest BCUT2D eigenvalue weighted by Gasteiger charge is 2.36. The minimum atomic E-state index is -0.425. The van der Waals surface area contributed by atoms with Crippen LogP contribution in [0.2, 0.25) is 0 Å². The number of benzene rings is 1. The fourth-order valence-corrected chi connectivity index (χ4v) is 5.27. The van der Waals surface area contributed by atoms with E-state index in [4.69, 9.17) is 4.74 Å². The molecule has 0 saturated carbocycles. The SMILES string of the molecule is CC1(CNC(=O)c2cc(C(=O)NCc3ccc4c(c3)NC(=O)CO4)nc3ccnn23)CC2=CCN(C2)C1. The number of hydrogen-bond donors (Lipinski definition) is 3. The first kappa shape index (κ1) is 23.2. The Kier molecular flexibility index (Phi) is 5.64. The fourth-order valence-electron chi connectivity index (χ4n) is 5.27. The van der Waals surface area contributed by atoms with E-state index in [1.165, 1.54) is 16.2 Å². The standard InChI is InChI=1S/C26H27N7O4/c1-26(10-17-5-7-32(12-17)15-26)14-28-25(36)20-9-19(30-22-4-6-29-33(20)22)24(35)27-11-16-2-3-21-18(8-16)31-23(34)13-37-21/h2-6,8-9H,7,10-15H2,1H3,(H,27,35)(H,28,36)(H,31,34). The van der Waals surface area contributed by atoms with Crippen LogP contribution in [-0.2, 0) is 11.3 Å². The average molecular weight is 502 g/mol. The van der Waals surface area contributed by atoms with E-state index in [9.17, 15) is 14.4 Å². The fraction of sp³-hybridized carbons (Fsp3) is 0.346. The Labute approximate surface area is 212 Å². The molecule has 2 bridgehead atoms. The summed E-state index contributed by atoms with van der Waals surface area (Å²) in [4.78, 5) is 44.6. The summed E-state index contributed by atoms with van der Waals surface area (Å²) in [7, 11) is 0. The molecular weight excluding hydrogens is 474 g/mol. The maximum absolute atomic E-state index is 13.2. The van der Waals surface area contributed by atoms with E-state index in [0.717, 1.165) is 31.6 Å². The van der Waals surface area contributed by atoms with Gasteiger partial charge in [-0.05, 0) is 24.1 Å². The summed E-state index contributed by atoms with van der Waals surface area (Å²) in [5, 5.41) is 12.9. The van der Waals surface area contributed by atoms with E-state index >= 15 is 0 Å². The van der Waals surface area contributed by atoms with E-state index in [1.807, 2.05) is 6.07 Å². The van der Waals surface area contributed by atoms with Gasteiger partial charge in [0.1, 0.15) is 17.1 Å². The predicted molar refractivity (Wildman–Crippen MR) is 134 cm³/mol. The molecule has 6 rings (SSSR count). The second-order valence-corrected chi connectivity index (χ2v) is 10.2. The molecule has 190 valence electrons. The molecule has 2 atom stereocenters. The number of amides is 3. The van der Waals surface area contributed by atoms with E-state index in [0.29, 0.717) is 23.6 Å². The zero-order valence-corrected chi connectivity index (χ0v) is 20.4. The molecule has 3 amide bonds. The lowest BCUT2D eigenvalue weighted by Gasteiger charge is -2.38. The Bertz CT molecular complexity index is 1460. The molecule has 11 nitrogen and oxygen atoms in total. The van der Waals surface area contributed by atoms with Crippen LogP contribution >= 0.6 is 0 Å². The lowest BCUT2D eigenvalue weighted by molar-refractivity contribution is -0.118. The predicted octanol–water partition coefficient (Wildman–Crippen LogP) is 1.37. The number of anilines is 1. The monoisotopic (exact) mass is 501 g/mol. The molecule has 11 heteroatoms. The van der Waals surface area contributed by atoms with Crippen molar-refractivity contribution in [1.82, 2.24) is 30.1 Å². The minimum absolute atomic E-state index is 0.0164. The van der Waals surface area contributed by atoms with Gasteiger partial charge in [0.2, 0.25) is 0 Å². The van der Waals surface area contributed by atoms with Crippen LogP contribution in [0.4, 0.5) is 5.69 Å². The highest BCUT2D eigenvalue weighted by molar-refractivity contribution is 5.98. The molecule has 37 heavy (non-hydrogen) atoms. The molecule has 3 aliphatic rings. The van der Waals surface area contributed by atoms with E-state index in [2.05, 4.69) is 43.9 Å². The van der Waals surface area contributed by atoms with Gasteiger partial charge in [-0.3, -0.25) is 19.3 Å². The summed E-state index contributed by atoms with van der Waals surface area (Å²) in [6.07, 6.45) is 4.79. The number of carbonyl (C=O) groups is 3. The van der Waals surface area contributed by atoms with Crippen molar-refractivity contribution < 1.29 is 19.1 Å². The van der Waals surface area contributed by atoms with Gasteiger partial charge in [-0.15, -0.1) is 0 Å². The van der Waals surface area contributed by atoms with Crippen molar-refractivity contribution in [2.45, 2.75) is 19.9 Å². The van der Waals surface area contributed by atoms with Gasteiger partial charge in [0, 0.05) is 50.3 Å². The van der Waals surface area contributed by atoms with Gasteiger partial charge in [0.05, 0.1) is 11.9 Å². The van der Waals surface area contributed by atoms with Crippen LogP contribution in [0.1, 0.15) is 39.9 Å². The van der Waals surface area contributed by atoms with Crippen molar-refractivity contribution in [3.63, 3.8) is 0 Å². The lowest BCUT2D eigenvalue weighted by Crippen LogP contribution is -2.46. The summed E-state index contributed by atoms with van der Waals surface area (Å²) < 4.78 is 6.81. The Balaban J connectivity index is 1.16. The van der Waals surface area contributed by atoms with Crippen molar-refractivity contribution >= 4 is 29.1 Å². The number of rotatable bonds is 6. The summed E-state index contributed by atoms with van der Waals surface area (Å²) in [6, 6.07) is 8.43. The Morgan fingerprint density at radius 2 is 2.08 bits per heavy atom. The molecule has 1 saturated heterocycles. The molecule has 3 aliphatic heterocycles. The van der Waals surface area contributed by atoms with Crippen molar-refractivity contribution in [2.75, 3.05) is 38.1 Å². The molecule has 2 aromatic heterocycles. The molecule has 3 N–H and O–H groups in total. The molecule has 0 radical (unpaired) electrons. The molecule has 3 aromatic rings. The van der Waals surface area contributed by atoms with Gasteiger partial charge in [0.25, 0.3) is 17.7 Å². The Morgan fingerprint density at radius 1 is 1.19 bits per heavy atom. The summed E-state index contributed by atoms with van der Waals surface area (Å²) >= 11 is 0. The quantitative estimate of drug-likeness (QED) is 0.435. The van der Waals surface area contributed by atoms with Crippen molar-refractivity contribution in [1.29, 1.82) is 0 Å². The maximum atomic E-state index is 13.2. The van der Waals surface area contributed by atoms with E-state index in [-0.39, 0.29) is 41.8 Å². The van der Waals surface area contributed by atoms with Gasteiger partial charge >= 0.3 is 0 Å². The zero-order chi connectivity index (χ0) is 25.6. The van der Waals surface area contributed by atoms with Crippen LogP contribution in [0.15, 0.2) is 48.2 Å². The number of fused-ring (bicyclic) bond motifs is 4. The van der Waals surface area contributed by atoms with Crippen molar-refractivity contribution in [2.24, 2.45) is 5.41 Å². The topological polar surface area (TPSA) is 130 Å². The molecule has 1 fully saturated rings. The van der Waals surface area contributed by atoms with E-state index in [1.54, 1.807) is 24.4 Å². The number of ether oxygens (including phenoxy) is 1. The number of carbonyl (C=O) groups excluding carboxylic acids is 3. The van der Waals surface area contributed by atoms with Crippen molar-refractivity contribution in [3.8, 4) is 5.75 Å². The molecular formula is C26H27N7O4. The van der Waals surface area contributed by atoms with Gasteiger partial charge in [-0.1, -0.05) is 24.6 Å². The van der Waals surface area contributed by atoms with Crippen LogP contribution in [-0.4, -0.2) is 70.0 Å². The normalized spacial score (nSPS) is 22.0. The first-order chi connectivity index (χ1) is 17.8. The van der Waals surface area contributed by atoms with Gasteiger partial charge in [-0.25, -0.2) is 9.50 Å². The third kappa shape index (κ3) is 4.65. The highest BCUT2D eigenvalue weighted by atomic mass is 16.5. The Morgan fingerprint density at radius 3 is 2.95 bits per heavy atom. The first-order valence-electron chi connectivity index (χ1n) is 12.2. The van der Waals surface area contributed by atoms with Crippen LogP contribution in [0.25, 0.3) is 5.65 Å². The average Bonchev–Trinajstić information content (AvgIpc) is 3.50. The summed E-state index contributed by atoms with van der Waals surface area (Å²) in [5.74, 6) is -0.371. The summed E-state index contributed by atoms with van der Waals surface area (Å²) in [5.41, 5.74) is 3.49. The molecule has 0 spiro atoms. The van der Waals surface area contributed by atoms with Gasteiger partial charge < -0.3 is 20.7 Å². The third-order valence-corrected chi connectivity index (χ3v) is 6.95. The largest absolute Gasteiger partial charge is 0.482 e. The molecule has 0 aliphatic carbocycles. The smallest absolute Gasteiger partial charge is 0.270 e. The summed E-state index contributed by atoms with van der Waals surface area (Å²) in [6.45, 7) is 5.82. The van der Waals surface area contributed by atoms with Crippen LogP contribution < -0.4 is 20.7 Å². The van der Waals surface area contributed by atoms with Crippen LogP contribution in [0.5, 0.6) is 5.75 Å². The number of aromatic nitrogens is 3. The number of hydrogen-bond acceptors (Lipinski definition) is 7.